The van der Waals surface area contributed by atoms with Gasteiger partial charge in [-0.1, -0.05) is 6.92 Å². The lowest BCUT2D eigenvalue weighted by molar-refractivity contribution is -0.125. The summed E-state index contributed by atoms with van der Waals surface area (Å²) in [6.45, 7) is 5.26. The Morgan fingerprint density at radius 1 is 1.65 bits per heavy atom. The van der Waals surface area contributed by atoms with Crippen molar-refractivity contribution < 1.29 is 14.3 Å². The van der Waals surface area contributed by atoms with Crippen molar-refractivity contribution in [1.82, 2.24) is 5.32 Å². The van der Waals surface area contributed by atoms with Crippen LogP contribution in [0.3, 0.4) is 0 Å². The summed E-state index contributed by atoms with van der Waals surface area (Å²) in [6, 6.07) is 0. The molecule has 0 aromatic carbocycles. The van der Waals surface area contributed by atoms with E-state index < -0.39 is 5.54 Å². The average molecular weight is 244 g/mol. The highest BCUT2D eigenvalue weighted by atomic mass is 16.5. The number of hydrogen-bond acceptors (Lipinski definition) is 4. The smallest absolute Gasteiger partial charge is 0.237 e. The van der Waals surface area contributed by atoms with E-state index in [0.717, 1.165) is 19.4 Å². The summed E-state index contributed by atoms with van der Waals surface area (Å²) in [4.78, 5) is 11.6. The number of amides is 1. The molecule has 0 spiro atoms. The first-order chi connectivity index (χ1) is 8.04. The van der Waals surface area contributed by atoms with Gasteiger partial charge in [0.1, 0.15) is 5.54 Å². The van der Waals surface area contributed by atoms with Crippen LogP contribution in [0.2, 0.25) is 0 Å². The molecule has 3 unspecified atom stereocenters. The minimum atomic E-state index is -0.577. The summed E-state index contributed by atoms with van der Waals surface area (Å²) in [7, 11) is 1.65. The number of likely N-dealkylation sites (N-methyl/N-ethyl adjacent to an activating group) is 1. The molecule has 1 saturated carbocycles. The van der Waals surface area contributed by atoms with Gasteiger partial charge in [0, 0.05) is 13.5 Å². The molecule has 0 heterocycles. The molecular formula is C12H24N2O3. The molecule has 0 radical (unpaired) electrons. The summed E-state index contributed by atoms with van der Waals surface area (Å²) in [5.74, 6) is -0.273. The third-order valence-corrected chi connectivity index (χ3v) is 3.28. The Hall–Kier alpha value is -0.650. The Balaban J connectivity index is 2.51. The van der Waals surface area contributed by atoms with Crippen molar-refractivity contribution in [3.8, 4) is 0 Å². The largest absolute Gasteiger partial charge is 0.382 e. The van der Waals surface area contributed by atoms with Crippen LogP contribution in [-0.4, -0.2) is 43.9 Å². The van der Waals surface area contributed by atoms with Gasteiger partial charge in [0.25, 0.3) is 0 Å². The average Bonchev–Trinajstić information content (AvgIpc) is 2.63. The van der Waals surface area contributed by atoms with Gasteiger partial charge in [0.2, 0.25) is 5.91 Å². The first-order valence-electron chi connectivity index (χ1n) is 6.23. The lowest BCUT2D eigenvalue weighted by atomic mass is 9.96. The lowest BCUT2D eigenvalue weighted by Crippen LogP contribution is -2.54. The number of nitrogens with two attached hydrogens (primary N) is 1. The van der Waals surface area contributed by atoms with E-state index >= 15 is 0 Å². The van der Waals surface area contributed by atoms with Gasteiger partial charge in [-0.05, 0) is 26.3 Å². The van der Waals surface area contributed by atoms with E-state index in [1.54, 1.807) is 7.11 Å². The number of carbonyl (C=O) groups excluding carboxylic acids is 1. The molecule has 3 atom stereocenters. The van der Waals surface area contributed by atoms with Crippen LogP contribution < -0.4 is 11.1 Å². The molecule has 0 saturated heterocycles. The normalized spacial score (nSPS) is 30.4. The second-order valence-corrected chi connectivity index (χ2v) is 4.74. The van der Waals surface area contributed by atoms with E-state index in [4.69, 9.17) is 15.2 Å². The first kappa shape index (κ1) is 14.4. The van der Waals surface area contributed by atoms with Crippen LogP contribution in [0.1, 0.15) is 33.1 Å². The predicted octanol–water partition coefficient (Wildman–Crippen LogP) is 0.424. The molecule has 1 rings (SSSR count). The van der Waals surface area contributed by atoms with Gasteiger partial charge in [-0.15, -0.1) is 0 Å². The Bertz CT molecular complexity index is 260. The van der Waals surface area contributed by atoms with E-state index in [0.29, 0.717) is 13.0 Å². The van der Waals surface area contributed by atoms with E-state index in [9.17, 15) is 4.79 Å². The van der Waals surface area contributed by atoms with Gasteiger partial charge in [0.05, 0.1) is 18.8 Å². The SMILES string of the molecule is CCNC1(C(N)=O)CCC(OC(C)COC)C1. The molecule has 0 aliphatic heterocycles. The molecule has 1 aliphatic carbocycles. The maximum atomic E-state index is 11.6. The van der Waals surface area contributed by atoms with E-state index in [1.807, 2.05) is 13.8 Å². The summed E-state index contributed by atoms with van der Waals surface area (Å²) in [6.07, 6.45) is 2.41. The van der Waals surface area contributed by atoms with Crippen LogP contribution >= 0.6 is 0 Å². The standard InChI is InChI=1S/C12H24N2O3/c1-4-14-12(11(13)15)6-5-10(7-12)17-9(2)8-16-3/h9-10,14H,4-8H2,1-3H3,(H2,13,15). The van der Waals surface area contributed by atoms with Crippen molar-refractivity contribution in [2.24, 2.45) is 5.73 Å². The monoisotopic (exact) mass is 244 g/mol. The molecule has 5 nitrogen and oxygen atoms in total. The third kappa shape index (κ3) is 3.66. The summed E-state index contributed by atoms with van der Waals surface area (Å²) in [5, 5.41) is 3.21. The van der Waals surface area contributed by atoms with Crippen molar-refractivity contribution >= 4 is 5.91 Å². The predicted molar refractivity (Wildman–Crippen MR) is 65.7 cm³/mol. The Labute approximate surface area is 103 Å². The van der Waals surface area contributed by atoms with Crippen molar-refractivity contribution in [2.45, 2.75) is 50.9 Å². The number of methoxy groups -OCH3 is 1. The molecule has 100 valence electrons. The van der Waals surface area contributed by atoms with Gasteiger partial charge in [0.15, 0.2) is 0 Å². The molecule has 1 amide bonds. The number of rotatable bonds is 7. The second-order valence-electron chi connectivity index (χ2n) is 4.74. The highest BCUT2D eigenvalue weighted by molar-refractivity contribution is 5.85. The van der Waals surface area contributed by atoms with Crippen molar-refractivity contribution in [3.05, 3.63) is 0 Å². The Morgan fingerprint density at radius 3 is 2.88 bits per heavy atom. The third-order valence-electron chi connectivity index (χ3n) is 3.28. The van der Waals surface area contributed by atoms with Gasteiger partial charge in [-0.3, -0.25) is 4.79 Å². The fraction of sp³-hybridized carbons (Fsp3) is 0.917. The summed E-state index contributed by atoms with van der Waals surface area (Å²) < 4.78 is 10.9. The van der Waals surface area contributed by atoms with Crippen LogP contribution in [-0.2, 0) is 14.3 Å². The van der Waals surface area contributed by atoms with Crippen LogP contribution in [0.5, 0.6) is 0 Å². The fourth-order valence-electron chi connectivity index (χ4n) is 2.53. The molecule has 3 N–H and O–H groups in total. The van der Waals surface area contributed by atoms with Gasteiger partial charge in [-0.25, -0.2) is 0 Å². The zero-order valence-corrected chi connectivity index (χ0v) is 11.0. The lowest BCUT2D eigenvalue weighted by Gasteiger charge is -2.27. The molecule has 0 aromatic rings. The molecule has 0 bridgehead atoms. The molecule has 1 fully saturated rings. The highest BCUT2D eigenvalue weighted by Crippen LogP contribution is 2.32. The number of ether oxygens (including phenoxy) is 2. The number of primary amides is 1. The van der Waals surface area contributed by atoms with Crippen molar-refractivity contribution in [2.75, 3.05) is 20.3 Å². The number of hydrogen-bond donors (Lipinski definition) is 2. The zero-order valence-electron chi connectivity index (χ0n) is 11.0. The first-order valence-corrected chi connectivity index (χ1v) is 6.23. The van der Waals surface area contributed by atoms with Crippen molar-refractivity contribution in [3.63, 3.8) is 0 Å². The molecule has 1 aliphatic rings. The maximum Gasteiger partial charge on any atom is 0.237 e. The van der Waals surface area contributed by atoms with E-state index in [-0.39, 0.29) is 18.1 Å². The second kappa shape index (κ2) is 6.33. The minimum Gasteiger partial charge on any atom is -0.382 e. The van der Waals surface area contributed by atoms with Crippen LogP contribution in [0.15, 0.2) is 0 Å². The van der Waals surface area contributed by atoms with E-state index in [2.05, 4.69) is 5.32 Å². The quantitative estimate of drug-likeness (QED) is 0.681. The zero-order chi connectivity index (χ0) is 12.9. The Kier molecular flexibility index (Phi) is 5.36. The highest BCUT2D eigenvalue weighted by Gasteiger charge is 2.44. The van der Waals surface area contributed by atoms with E-state index in [1.165, 1.54) is 0 Å². The fourth-order valence-corrected chi connectivity index (χ4v) is 2.53. The molecule has 17 heavy (non-hydrogen) atoms. The molecular weight excluding hydrogens is 220 g/mol. The summed E-state index contributed by atoms with van der Waals surface area (Å²) >= 11 is 0. The van der Waals surface area contributed by atoms with Crippen LogP contribution in [0, 0.1) is 0 Å². The van der Waals surface area contributed by atoms with Gasteiger partial charge < -0.3 is 20.5 Å². The van der Waals surface area contributed by atoms with Gasteiger partial charge in [-0.2, -0.15) is 0 Å². The maximum absolute atomic E-state index is 11.6. The van der Waals surface area contributed by atoms with Crippen molar-refractivity contribution in [1.29, 1.82) is 0 Å². The minimum absolute atomic E-state index is 0.0512. The Morgan fingerprint density at radius 2 is 2.35 bits per heavy atom. The summed E-state index contributed by atoms with van der Waals surface area (Å²) in [5.41, 5.74) is 4.91. The molecule has 5 heteroatoms. The number of carbonyl (C=O) groups is 1. The van der Waals surface area contributed by atoms with Crippen LogP contribution in [0.4, 0.5) is 0 Å². The topological polar surface area (TPSA) is 73.6 Å². The van der Waals surface area contributed by atoms with Gasteiger partial charge >= 0.3 is 0 Å². The van der Waals surface area contributed by atoms with Crippen LogP contribution in [0.25, 0.3) is 0 Å². The number of nitrogens with one attached hydrogen (secondary N) is 1. The molecule has 0 aromatic heterocycles.